The van der Waals surface area contributed by atoms with E-state index in [1.54, 1.807) is 12.1 Å². The number of nitrogens with zero attached hydrogens (tertiary/aromatic N) is 3. The molecule has 2 heterocycles. The number of rotatable bonds is 4. The lowest BCUT2D eigenvalue weighted by molar-refractivity contribution is 0.600. The molecule has 3 rings (SSSR count). The van der Waals surface area contributed by atoms with Gasteiger partial charge >= 0.3 is 0 Å². The molecule has 0 saturated heterocycles. The number of pyridine rings is 1. The van der Waals surface area contributed by atoms with Gasteiger partial charge in [0.2, 0.25) is 0 Å². The van der Waals surface area contributed by atoms with E-state index in [-0.39, 0.29) is 27.5 Å². The number of hydrogen-bond acceptors (Lipinski definition) is 5. The van der Waals surface area contributed by atoms with Gasteiger partial charge in [-0.05, 0) is 24.3 Å². The summed E-state index contributed by atoms with van der Waals surface area (Å²) in [6, 6.07) is 10.3. The summed E-state index contributed by atoms with van der Waals surface area (Å²) in [5, 5.41) is 15.0. The molecule has 0 bridgehead atoms. The summed E-state index contributed by atoms with van der Waals surface area (Å²) in [7, 11) is -3.96. The Morgan fingerprint density at radius 2 is 1.96 bits per heavy atom. The maximum absolute atomic E-state index is 13.9. The topological polar surface area (TPSA) is 112 Å². The number of hydrogen-bond donors (Lipinski definition) is 2. The van der Waals surface area contributed by atoms with Gasteiger partial charge < -0.3 is 0 Å². The molecular weight excluding hydrogens is 333 g/mol. The van der Waals surface area contributed by atoms with E-state index < -0.39 is 15.8 Å². The van der Waals surface area contributed by atoms with Crippen LogP contribution in [0, 0.1) is 17.1 Å². The van der Waals surface area contributed by atoms with Crippen LogP contribution in [0.1, 0.15) is 5.69 Å². The van der Waals surface area contributed by atoms with Crippen LogP contribution in [0.2, 0.25) is 0 Å². The van der Waals surface area contributed by atoms with Crippen molar-refractivity contribution in [3.8, 4) is 17.3 Å². The zero-order valence-corrected chi connectivity index (χ0v) is 12.9. The Bertz CT molecular complexity index is 1020. The third-order valence-corrected chi connectivity index (χ3v) is 4.54. The average molecular weight is 343 g/mol. The van der Waals surface area contributed by atoms with Crippen LogP contribution >= 0.6 is 0 Å². The van der Waals surface area contributed by atoms with Crippen molar-refractivity contribution >= 4 is 15.7 Å². The largest absolute Gasteiger partial charge is 0.276 e. The Morgan fingerprint density at radius 3 is 2.62 bits per heavy atom. The molecule has 2 aromatic heterocycles. The summed E-state index contributed by atoms with van der Waals surface area (Å²) in [6.07, 6.45) is 2.32. The molecule has 0 fully saturated rings. The number of nitriles is 1. The zero-order valence-electron chi connectivity index (χ0n) is 12.1. The number of benzene rings is 1. The zero-order chi connectivity index (χ0) is 17.2. The van der Waals surface area contributed by atoms with Crippen LogP contribution in [0.25, 0.3) is 11.3 Å². The van der Waals surface area contributed by atoms with Crippen molar-refractivity contribution in [1.29, 1.82) is 5.26 Å². The van der Waals surface area contributed by atoms with Gasteiger partial charge in [-0.15, -0.1) is 0 Å². The van der Waals surface area contributed by atoms with Crippen LogP contribution in [0.5, 0.6) is 0 Å². The number of halogens is 1. The fraction of sp³-hybridized carbons (Fsp3) is 0. The van der Waals surface area contributed by atoms with E-state index in [4.69, 9.17) is 5.26 Å². The van der Waals surface area contributed by atoms with Crippen molar-refractivity contribution in [1.82, 2.24) is 15.2 Å². The van der Waals surface area contributed by atoms with Crippen molar-refractivity contribution < 1.29 is 12.8 Å². The second-order valence-electron chi connectivity index (χ2n) is 4.73. The highest BCUT2D eigenvalue weighted by Crippen LogP contribution is 2.29. The van der Waals surface area contributed by atoms with Gasteiger partial charge in [0.15, 0.2) is 0 Å². The molecule has 0 spiro atoms. The van der Waals surface area contributed by atoms with E-state index in [1.807, 2.05) is 0 Å². The first-order valence-electron chi connectivity index (χ1n) is 6.68. The molecule has 0 aliphatic rings. The van der Waals surface area contributed by atoms with E-state index in [0.717, 1.165) is 6.20 Å². The first-order chi connectivity index (χ1) is 11.5. The fourth-order valence-electron chi connectivity index (χ4n) is 2.04. The number of nitrogens with one attached hydrogen (secondary N) is 2. The normalized spacial score (nSPS) is 11.0. The van der Waals surface area contributed by atoms with Gasteiger partial charge in [0, 0.05) is 11.8 Å². The van der Waals surface area contributed by atoms with Crippen molar-refractivity contribution in [3.63, 3.8) is 0 Å². The Labute approximate surface area is 136 Å². The van der Waals surface area contributed by atoms with Crippen LogP contribution < -0.4 is 4.72 Å². The monoisotopic (exact) mass is 343 g/mol. The second kappa shape index (κ2) is 6.10. The number of anilines is 1. The molecule has 9 heteroatoms. The predicted octanol–water partition coefficient (Wildman–Crippen LogP) is 2.28. The molecule has 0 amide bonds. The molecular formula is C15H10FN5O2S. The van der Waals surface area contributed by atoms with Gasteiger partial charge in [-0.3, -0.25) is 9.82 Å². The molecule has 1 aromatic carbocycles. The van der Waals surface area contributed by atoms with Crippen molar-refractivity contribution in [2.75, 3.05) is 4.72 Å². The highest BCUT2D eigenvalue weighted by atomic mass is 32.2. The molecule has 0 atom stereocenters. The van der Waals surface area contributed by atoms with E-state index >= 15 is 0 Å². The van der Waals surface area contributed by atoms with Crippen LogP contribution in [-0.2, 0) is 10.0 Å². The van der Waals surface area contributed by atoms with Gasteiger partial charge in [-0.1, -0.05) is 12.1 Å². The molecule has 3 aromatic rings. The molecule has 120 valence electrons. The minimum absolute atomic E-state index is 0.101. The Kier molecular flexibility index (Phi) is 3.97. The van der Waals surface area contributed by atoms with Gasteiger partial charge in [0.1, 0.15) is 22.5 Å². The van der Waals surface area contributed by atoms with Gasteiger partial charge in [-0.2, -0.15) is 10.4 Å². The van der Waals surface area contributed by atoms with Gasteiger partial charge in [0.05, 0.1) is 17.6 Å². The molecule has 0 aliphatic heterocycles. The summed E-state index contributed by atoms with van der Waals surface area (Å²) >= 11 is 0. The third-order valence-electron chi connectivity index (χ3n) is 3.19. The lowest BCUT2D eigenvalue weighted by atomic mass is 10.1. The first-order valence-corrected chi connectivity index (χ1v) is 8.17. The fourth-order valence-corrected chi connectivity index (χ4v) is 3.04. The number of aromatic amines is 1. The highest BCUT2D eigenvalue weighted by Gasteiger charge is 2.19. The van der Waals surface area contributed by atoms with Crippen LogP contribution in [0.15, 0.2) is 53.7 Å². The maximum Gasteiger partial charge on any atom is 0.263 e. The van der Waals surface area contributed by atoms with Crippen LogP contribution in [0.4, 0.5) is 10.1 Å². The van der Waals surface area contributed by atoms with E-state index in [0.29, 0.717) is 0 Å². The predicted molar refractivity (Wildman–Crippen MR) is 83.7 cm³/mol. The molecule has 0 radical (unpaired) electrons. The molecule has 0 saturated carbocycles. The van der Waals surface area contributed by atoms with Gasteiger partial charge in [0.25, 0.3) is 10.0 Å². The van der Waals surface area contributed by atoms with Crippen LogP contribution in [0.3, 0.4) is 0 Å². The van der Waals surface area contributed by atoms with Crippen molar-refractivity contribution in [2.24, 2.45) is 0 Å². The average Bonchev–Trinajstić information content (AvgIpc) is 3.02. The summed E-state index contributed by atoms with van der Waals surface area (Å²) in [5.41, 5.74) is 0.595. The standard InChI is InChI=1S/C15H10FN5O2S/c16-13-4-2-1-3-12(13)15-14(9-19-20-15)21-24(22,23)11-6-5-10(7-17)18-8-11/h1-6,8-9,21H,(H,19,20). The smallest absolute Gasteiger partial charge is 0.263 e. The number of H-pyrrole nitrogens is 1. The van der Waals surface area contributed by atoms with Crippen molar-refractivity contribution in [2.45, 2.75) is 4.90 Å². The van der Waals surface area contributed by atoms with Crippen LogP contribution in [-0.4, -0.2) is 23.6 Å². The Morgan fingerprint density at radius 1 is 1.17 bits per heavy atom. The maximum atomic E-state index is 13.9. The lowest BCUT2D eigenvalue weighted by Crippen LogP contribution is -2.13. The van der Waals surface area contributed by atoms with E-state index in [2.05, 4.69) is 19.9 Å². The lowest BCUT2D eigenvalue weighted by Gasteiger charge is -2.08. The number of sulfonamides is 1. The quantitative estimate of drug-likeness (QED) is 0.755. The summed E-state index contributed by atoms with van der Waals surface area (Å²) in [4.78, 5) is 3.60. The first kappa shape index (κ1) is 15.6. The second-order valence-corrected chi connectivity index (χ2v) is 6.42. The SMILES string of the molecule is N#Cc1ccc(S(=O)(=O)Nc2cn[nH]c2-c2ccccc2F)cn1. The van der Waals surface area contributed by atoms with E-state index in [1.165, 1.54) is 36.5 Å². The minimum atomic E-state index is -3.96. The molecule has 24 heavy (non-hydrogen) atoms. The summed E-state index contributed by atoms with van der Waals surface area (Å²) in [5.74, 6) is -0.512. The molecule has 2 N–H and O–H groups in total. The minimum Gasteiger partial charge on any atom is -0.276 e. The Balaban J connectivity index is 1.96. The molecule has 0 unspecified atom stereocenters. The number of aromatic nitrogens is 3. The Hall–Kier alpha value is -3.25. The third kappa shape index (κ3) is 2.95. The summed E-state index contributed by atoms with van der Waals surface area (Å²) < 4.78 is 41.0. The van der Waals surface area contributed by atoms with E-state index in [9.17, 15) is 12.8 Å². The van der Waals surface area contributed by atoms with Crippen molar-refractivity contribution in [3.05, 3.63) is 60.3 Å². The molecule has 7 nitrogen and oxygen atoms in total. The molecule has 0 aliphatic carbocycles. The highest BCUT2D eigenvalue weighted by molar-refractivity contribution is 7.92. The van der Waals surface area contributed by atoms with Gasteiger partial charge in [-0.25, -0.2) is 17.8 Å². The summed E-state index contributed by atoms with van der Waals surface area (Å²) in [6.45, 7) is 0.